The zero-order chi connectivity index (χ0) is 52.5. The molecule has 22 heteroatoms. The zero-order valence-corrected chi connectivity index (χ0v) is 43.0. The number of unbranched alkanes of at least 4 members (excludes halogenated alkanes) is 1. The van der Waals surface area contributed by atoms with Crippen molar-refractivity contribution < 1.29 is 90.4 Å². The molecule has 3 amide bonds. The van der Waals surface area contributed by atoms with Crippen LogP contribution in [0.4, 0.5) is 4.79 Å². The lowest BCUT2D eigenvalue weighted by atomic mass is 9.98. The van der Waals surface area contributed by atoms with Crippen LogP contribution in [0.2, 0.25) is 0 Å². The molecule has 22 nitrogen and oxygen atoms in total. The number of ether oxygens (including phenoxy) is 13. The van der Waals surface area contributed by atoms with Crippen LogP contribution in [-0.2, 0) is 85.6 Å². The minimum absolute atomic E-state index is 0.0431. The van der Waals surface area contributed by atoms with Crippen LogP contribution in [-0.4, -0.2) is 214 Å². The number of rotatable bonds is 47. The summed E-state index contributed by atoms with van der Waals surface area (Å²) in [4.78, 5) is 67.9. The number of carbonyl (C=O) groups is 5. The normalized spacial score (nSPS) is 13.8. The van der Waals surface area contributed by atoms with Crippen LogP contribution in [0.5, 0.6) is 0 Å². The summed E-state index contributed by atoms with van der Waals surface area (Å²) in [5, 5.41) is 5.44. The summed E-state index contributed by atoms with van der Waals surface area (Å²) in [6, 6.07) is 14.8. The Kier molecular flexibility index (Phi) is 34.1. The third-order valence-electron chi connectivity index (χ3n) is 11.3. The zero-order valence-electron chi connectivity index (χ0n) is 43.0. The molecule has 0 aliphatic heterocycles. The minimum atomic E-state index is -1.37. The van der Waals surface area contributed by atoms with E-state index in [0.29, 0.717) is 165 Å². The van der Waals surface area contributed by atoms with Crippen molar-refractivity contribution in [2.75, 3.05) is 172 Å². The lowest BCUT2D eigenvalue weighted by Gasteiger charge is -2.20. The van der Waals surface area contributed by atoms with Gasteiger partial charge < -0.3 is 72.2 Å². The highest BCUT2D eigenvalue weighted by atomic mass is 16.7. The second kappa shape index (κ2) is 40.7. The molecule has 0 saturated heterocycles. The van der Waals surface area contributed by atoms with Crippen LogP contribution < -0.4 is 16.1 Å². The molecule has 74 heavy (non-hydrogen) atoms. The van der Waals surface area contributed by atoms with Gasteiger partial charge in [-0.3, -0.25) is 24.0 Å². The van der Waals surface area contributed by atoms with E-state index in [1.165, 1.54) is 0 Å². The maximum atomic E-state index is 13.2. The molecule has 2 aliphatic rings. The highest BCUT2D eigenvalue weighted by Gasteiger charge is 2.36. The summed E-state index contributed by atoms with van der Waals surface area (Å²) in [5.41, 5.74) is 6.42. The molecule has 4 rings (SSSR count). The number of benzene rings is 2. The van der Waals surface area contributed by atoms with Crippen molar-refractivity contribution >= 4 is 29.5 Å². The number of Topliss-reactive ketones (excluding diaryl/α,β-unsaturated/α-hetero) is 2. The SMILES string of the molecule is COCCOCCOCCOCCOCCOCCOCCOCCOCCOCCOCCOCCC(=O)NCCCC[C@H](NC(=O)OCC1c2ccccc2-c2ccccc21)C(=O)NOC1C(=O)CCC1=O. The van der Waals surface area contributed by atoms with Crippen LogP contribution in [0.25, 0.3) is 11.1 Å². The van der Waals surface area contributed by atoms with Crippen LogP contribution in [0.3, 0.4) is 0 Å². The molecule has 1 fully saturated rings. The Hall–Kier alpha value is -4.53. The first-order chi connectivity index (χ1) is 36.4. The van der Waals surface area contributed by atoms with E-state index in [2.05, 4.69) is 16.1 Å². The summed E-state index contributed by atoms with van der Waals surface area (Å²) in [6.07, 6.45) is -0.843. The quantitative estimate of drug-likeness (QED) is 0.0490. The molecule has 0 radical (unpaired) electrons. The molecule has 0 heterocycles. The summed E-state index contributed by atoms with van der Waals surface area (Å²) < 4.78 is 70.7. The first-order valence-corrected chi connectivity index (χ1v) is 25.6. The van der Waals surface area contributed by atoms with Gasteiger partial charge in [-0.2, -0.15) is 0 Å². The van der Waals surface area contributed by atoms with Gasteiger partial charge in [0.25, 0.3) is 5.91 Å². The maximum Gasteiger partial charge on any atom is 0.407 e. The topological polar surface area (TPSA) is 251 Å². The Morgan fingerprint density at radius 2 is 0.919 bits per heavy atom. The van der Waals surface area contributed by atoms with E-state index >= 15 is 0 Å². The number of ketones is 2. The fourth-order valence-electron chi connectivity index (χ4n) is 7.46. The highest BCUT2D eigenvalue weighted by Crippen LogP contribution is 2.44. The largest absolute Gasteiger partial charge is 0.449 e. The van der Waals surface area contributed by atoms with E-state index in [1.54, 1.807) is 7.11 Å². The predicted molar refractivity (Wildman–Crippen MR) is 267 cm³/mol. The molecule has 1 atom stereocenters. The summed E-state index contributed by atoms with van der Waals surface area (Å²) in [6.45, 7) is 10.9. The van der Waals surface area contributed by atoms with Gasteiger partial charge in [0.15, 0.2) is 11.6 Å². The second-order valence-electron chi connectivity index (χ2n) is 16.7. The molecule has 2 aromatic rings. The fourth-order valence-corrected chi connectivity index (χ4v) is 7.46. The van der Waals surface area contributed by atoms with Gasteiger partial charge in [0.2, 0.25) is 12.0 Å². The Labute approximate surface area is 434 Å². The van der Waals surface area contributed by atoms with Crippen LogP contribution in [0, 0.1) is 0 Å². The van der Waals surface area contributed by atoms with E-state index < -0.39 is 35.7 Å². The number of methoxy groups -OCH3 is 1. The molecular weight excluding hydrogens is 971 g/mol. The fraction of sp³-hybridized carbons (Fsp3) is 0.673. The lowest BCUT2D eigenvalue weighted by Crippen LogP contribution is -2.48. The van der Waals surface area contributed by atoms with Gasteiger partial charge in [0, 0.05) is 38.8 Å². The summed E-state index contributed by atoms with van der Waals surface area (Å²) >= 11 is 0. The molecule has 416 valence electrons. The molecule has 2 aliphatic carbocycles. The third-order valence-corrected chi connectivity index (χ3v) is 11.3. The number of amides is 3. The molecule has 1 saturated carbocycles. The second-order valence-corrected chi connectivity index (χ2v) is 16.7. The number of hydrogen-bond acceptors (Lipinski definition) is 19. The molecule has 3 N–H and O–H groups in total. The first kappa shape index (κ1) is 62.0. The standard InChI is InChI=1S/C52H79N3O19/c1-61-18-19-63-22-23-65-26-27-67-30-31-69-34-35-71-38-39-72-37-36-70-33-32-68-29-28-66-25-24-64-21-20-62-17-15-49(58)53-16-7-6-12-46(51(59)55-74-50-47(56)13-14-48(50)57)54-52(60)73-40-45-43-10-4-2-8-41(43)42-9-3-5-11-44(42)45/h2-5,8-11,45-46,50H,6-7,12-40H2,1H3,(H,53,58)(H,54,60)(H,55,59)/t46-/m0/s1. The average Bonchev–Trinajstić information content (AvgIpc) is 3.91. The predicted octanol–water partition coefficient (Wildman–Crippen LogP) is 2.75. The summed E-state index contributed by atoms with van der Waals surface area (Å²) in [7, 11) is 1.64. The average molecular weight is 1050 g/mol. The number of fused-ring (bicyclic) bond motifs is 3. The number of hydroxylamine groups is 1. The minimum Gasteiger partial charge on any atom is -0.449 e. The molecular formula is C52H79N3O19. The van der Waals surface area contributed by atoms with Crippen LogP contribution >= 0.6 is 0 Å². The van der Waals surface area contributed by atoms with E-state index in [9.17, 15) is 24.0 Å². The van der Waals surface area contributed by atoms with Crippen molar-refractivity contribution in [2.24, 2.45) is 0 Å². The molecule has 2 aromatic carbocycles. The van der Waals surface area contributed by atoms with Crippen LogP contribution in [0.15, 0.2) is 48.5 Å². The number of alkyl carbamates (subject to hydrolysis) is 1. The van der Waals surface area contributed by atoms with Crippen molar-refractivity contribution in [1.82, 2.24) is 16.1 Å². The first-order valence-electron chi connectivity index (χ1n) is 25.6. The van der Waals surface area contributed by atoms with Crippen molar-refractivity contribution in [3.05, 3.63) is 59.7 Å². The molecule has 0 bridgehead atoms. The van der Waals surface area contributed by atoms with Crippen molar-refractivity contribution in [3.63, 3.8) is 0 Å². The van der Waals surface area contributed by atoms with Crippen molar-refractivity contribution in [3.8, 4) is 11.1 Å². The van der Waals surface area contributed by atoms with Gasteiger partial charge >= 0.3 is 6.09 Å². The van der Waals surface area contributed by atoms with Gasteiger partial charge in [0.1, 0.15) is 12.6 Å². The molecule has 0 aromatic heterocycles. The third kappa shape index (κ3) is 26.8. The summed E-state index contributed by atoms with van der Waals surface area (Å²) in [5.74, 6) is -1.96. The maximum absolute atomic E-state index is 13.2. The van der Waals surface area contributed by atoms with Crippen LogP contribution in [0.1, 0.15) is 55.6 Å². The number of nitrogens with one attached hydrogen (secondary N) is 3. The lowest BCUT2D eigenvalue weighted by molar-refractivity contribution is -0.151. The highest BCUT2D eigenvalue weighted by molar-refractivity contribution is 6.11. The number of carbonyl (C=O) groups excluding carboxylic acids is 5. The van der Waals surface area contributed by atoms with Gasteiger partial charge in [-0.1, -0.05) is 48.5 Å². The van der Waals surface area contributed by atoms with Crippen molar-refractivity contribution in [1.29, 1.82) is 0 Å². The van der Waals surface area contributed by atoms with E-state index in [-0.39, 0.29) is 50.7 Å². The molecule has 0 spiro atoms. The van der Waals surface area contributed by atoms with E-state index in [4.69, 9.17) is 66.4 Å². The van der Waals surface area contributed by atoms with Gasteiger partial charge in [-0.25, -0.2) is 10.3 Å². The van der Waals surface area contributed by atoms with Crippen molar-refractivity contribution in [2.45, 2.75) is 56.6 Å². The van der Waals surface area contributed by atoms with E-state index in [0.717, 1.165) is 22.3 Å². The Morgan fingerprint density at radius 3 is 1.34 bits per heavy atom. The Balaban J connectivity index is 0.892. The molecule has 0 unspecified atom stereocenters. The number of hydrogen-bond donors (Lipinski definition) is 3. The van der Waals surface area contributed by atoms with Gasteiger partial charge in [0.05, 0.1) is 152 Å². The smallest absolute Gasteiger partial charge is 0.407 e. The Morgan fingerprint density at radius 1 is 0.527 bits per heavy atom. The van der Waals surface area contributed by atoms with E-state index in [1.807, 2.05) is 48.5 Å². The Bertz CT molecular complexity index is 1800. The van der Waals surface area contributed by atoms with Gasteiger partial charge in [-0.15, -0.1) is 0 Å². The monoisotopic (exact) mass is 1050 g/mol. The van der Waals surface area contributed by atoms with Gasteiger partial charge in [-0.05, 0) is 41.5 Å².